The van der Waals surface area contributed by atoms with Crippen LogP contribution >= 0.6 is 11.3 Å². The summed E-state index contributed by atoms with van der Waals surface area (Å²) in [6.45, 7) is 1.96. The van der Waals surface area contributed by atoms with E-state index in [1.165, 1.54) is 16.2 Å². The summed E-state index contributed by atoms with van der Waals surface area (Å²) in [6, 6.07) is -0.464. The van der Waals surface area contributed by atoms with Crippen molar-refractivity contribution in [3.63, 3.8) is 0 Å². The molecule has 0 bridgehead atoms. The van der Waals surface area contributed by atoms with E-state index in [1.54, 1.807) is 0 Å². The number of amides is 4. The van der Waals surface area contributed by atoms with Crippen molar-refractivity contribution in [1.29, 1.82) is 0 Å². The molecule has 2 aliphatic carbocycles. The summed E-state index contributed by atoms with van der Waals surface area (Å²) in [4.78, 5) is 43.8. The van der Waals surface area contributed by atoms with Crippen LogP contribution in [0.4, 0.5) is 9.93 Å². The third-order valence-electron chi connectivity index (χ3n) is 5.44. The van der Waals surface area contributed by atoms with Crippen molar-refractivity contribution in [3.05, 3.63) is 10.6 Å². The van der Waals surface area contributed by atoms with Gasteiger partial charge in [0.2, 0.25) is 5.91 Å². The molecule has 4 amide bonds. The van der Waals surface area contributed by atoms with Crippen molar-refractivity contribution in [2.75, 3.05) is 11.9 Å². The molecule has 25 heavy (non-hydrogen) atoms. The third kappa shape index (κ3) is 2.92. The van der Waals surface area contributed by atoms with Gasteiger partial charge in [-0.3, -0.25) is 14.5 Å². The van der Waals surface area contributed by atoms with Gasteiger partial charge in [0.15, 0.2) is 5.13 Å². The van der Waals surface area contributed by atoms with Crippen molar-refractivity contribution < 1.29 is 14.4 Å². The van der Waals surface area contributed by atoms with E-state index in [4.69, 9.17) is 0 Å². The molecule has 1 aliphatic heterocycles. The number of carbonyl (C=O) groups excluding carboxylic acids is 3. The predicted molar refractivity (Wildman–Crippen MR) is 93.4 cm³/mol. The Balaban J connectivity index is 1.41. The molecule has 134 valence electrons. The number of nitrogens with zero attached hydrogens (tertiary/aromatic N) is 2. The van der Waals surface area contributed by atoms with Crippen molar-refractivity contribution >= 4 is 34.3 Å². The van der Waals surface area contributed by atoms with Crippen molar-refractivity contribution in [2.24, 2.45) is 5.92 Å². The Morgan fingerprint density at radius 3 is 2.92 bits per heavy atom. The Kier molecular flexibility index (Phi) is 4.02. The lowest BCUT2D eigenvalue weighted by atomic mass is 9.93. The molecule has 7 nitrogen and oxygen atoms in total. The van der Waals surface area contributed by atoms with Gasteiger partial charge in [-0.25, -0.2) is 9.78 Å². The Hall–Kier alpha value is -1.96. The van der Waals surface area contributed by atoms with Crippen LogP contribution in [0.25, 0.3) is 0 Å². The van der Waals surface area contributed by atoms with E-state index >= 15 is 0 Å². The standard InChI is InChI=1S/C17H22N4O3S/c1-10-4-5-11-12(8-10)25-15(18-11)19-13(22)9-21-14(23)17(20-16(21)24)6-2-3-7-17/h10H,2-9H2,1H3,(H,20,24)(H,18,19,22)/t10-/m0/s1. The number of nitrogens with one attached hydrogen (secondary N) is 2. The molecule has 2 N–H and O–H groups in total. The van der Waals surface area contributed by atoms with Gasteiger partial charge in [0.25, 0.3) is 5.91 Å². The number of rotatable bonds is 3. The van der Waals surface area contributed by atoms with E-state index in [1.807, 2.05) is 0 Å². The molecular formula is C17H22N4O3S. The van der Waals surface area contributed by atoms with E-state index in [2.05, 4.69) is 22.5 Å². The number of carbonyl (C=O) groups is 3. The van der Waals surface area contributed by atoms with Gasteiger partial charge in [-0.05, 0) is 38.0 Å². The van der Waals surface area contributed by atoms with E-state index in [0.717, 1.165) is 42.7 Å². The highest BCUT2D eigenvalue weighted by molar-refractivity contribution is 7.15. The molecule has 2 fully saturated rings. The number of imide groups is 1. The average Bonchev–Trinajstić information content (AvgIpc) is 3.23. The van der Waals surface area contributed by atoms with E-state index < -0.39 is 11.6 Å². The minimum absolute atomic E-state index is 0.257. The molecule has 0 unspecified atom stereocenters. The van der Waals surface area contributed by atoms with E-state index in [0.29, 0.717) is 23.9 Å². The lowest BCUT2D eigenvalue weighted by molar-refractivity contribution is -0.133. The van der Waals surface area contributed by atoms with Gasteiger partial charge in [-0.1, -0.05) is 19.8 Å². The fraction of sp³-hybridized carbons (Fsp3) is 0.647. The van der Waals surface area contributed by atoms with Crippen LogP contribution in [0.15, 0.2) is 0 Å². The van der Waals surface area contributed by atoms with Gasteiger partial charge < -0.3 is 10.6 Å². The van der Waals surface area contributed by atoms with Crippen LogP contribution < -0.4 is 10.6 Å². The molecule has 1 atom stereocenters. The minimum Gasteiger partial charge on any atom is -0.323 e. The highest BCUT2D eigenvalue weighted by Crippen LogP contribution is 2.35. The van der Waals surface area contributed by atoms with Crippen molar-refractivity contribution in [2.45, 2.75) is 57.4 Å². The second-order valence-corrected chi connectivity index (χ2v) is 8.48. The van der Waals surface area contributed by atoms with E-state index in [9.17, 15) is 14.4 Å². The second kappa shape index (κ2) is 6.09. The van der Waals surface area contributed by atoms with Gasteiger partial charge in [0.05, 0.1) is 5.69 Å². The number of urea groups is 1. The first-order valence-electron chi connectivity index (χ1n) is 8.89. The number of hydrogen-bond donors (Lipinski definition) is 2. The summed E-state index contributed by atoms with van der Waals surface area (Å²) in [6.07, 6.45) is 6.23. The fourth-order valence-electron chi connectivity index (χ4n) is 4.03. The highest BCUT2D eigenvalue weighted by Gasteiger charge is 2.52. The Morgan fingerprint density at radius 2 is 2.16 bits per heavy atom. The largest absolute Gasteiger partial charge is 0.325 e. The van der Waals surface area contributed by atoms with Gasteiger partial charge >= 0.3 is 6.03 Å². The summed E-state index contributed by atoms with van der Waals surface area (Å²) in [5.74, 6) is 0.000111. The van der Waals surface area contributed by atoms with Crippen molar-refractivity contribution in [1.82, 2.24) is 15.2 Å². The van der Waals surface area contributed by atoms with Gasteiger partial charge in [-0.2, -0.15) is 0 Å². The van der Waals surface area contributed by atoms with Crippen LogP contribution in [0.3, 0.4) is 0 Å². The Bertz CT molecular complexity index is 738. The minimum atomic E-state index is -0.770. The second-order valence-electron chi connectivity index (χ2n) is 7.40. The maximum Gasteiger partial charge on any atom is 0.325 e. The fourth-order valence-corrected chi connectivity index (χ4v) is 5.22. The molecule has 1 saturated heterocycles. The zero-order valence-corrected chi connectivity index (χ0v) is 15.1. The van der Waals surface area contributed by atoms with Crippen LogP contribution in [0.5, 0.6) is 0 Å². The number of aromatic nitrogens is 1. The summed E-state index contributed by atoms with van der Waals surface area (Å²) >= 11 is 1.50. The molecule has 1 spiro atoms. The normalized spacial score (nSPS) is 24.5. The molecular weight excluding hydrogens is 340 g/mol. The predicted octanol–water partition coefficient (Wildman–Crippen LogP) is 2.07. The Labute approximate surface area is 150 Å². The van der Waals surface area contributed by atoms with Crippen LogP contribution in [0.1, 0.15) is 49.6 Å². The summed E-state index contributed by atoms with van der Waals surface area (Å²) < 4.78 is 0. The monoisotopic (exact) mass is 362 g/mol. The van der Waals surface area contributed by atoms with Crippen molar-refractivity contribution in [3.8, 4) is 0 Å². The molecule has 2 heterocycles. The number of fused-ring (bicyclic) bond motifs is 1. The SMILES string of the molecule is C[C@H]1CCc2nc(NC(=O)CN3C(=O)NC4(CCCC4)C3=O)sc2C1. The van der Waals surface area contributed by atoms with E-state index in [-0.39, 0.29) is 18.4 Å². The lowest BCUT2D eigenvalue weighted by Crippen LogP contribution is -2.44. The van der Waals surface area contributed by atoms with Gasteiger partial charge in [0, 0.05) is 4.88 Å². The summed E-state index contributed by atoms with van der Waals surface area (Å²) in [5.41, 5.74) is 0.298. The molecule has 1 saturated carbocycles. The number of aryl methyl sites for hydroxylation is 1. The molecule has 1 aromatic rings. The topological polar surface area (TPSA) is 91.4 Å². The third-order valence-corrected chi connectivity index (χ3v) is 6.47. The van der Waals surface area contributed by atoms with Gasteiger partial charge in [0.1, 0.15) is 12.1 Å². The van der Waals surface area contributed by atoms with Crippen LogP contribution in [-0.2, 0) is 22.4 Å². The Morgan fingerprint density at radius 1 is 1.40 bits per heavy atom. The maximum atomic E-state index is 12.6. The lowest BCUT2D eigenvalue weighted by Gasteiger charge is -2.19. The first-order valence-corrected chi connectivity index (χ1v) is 9.71. The number of hydrogen-bond acceptors (Lipinski definition) is 5. The maximum absolute atomic E-state index is 12.6. The smallest absolute Gasteiger partial charge is 0.323 e. The zero-order valence-electron chi connectivity index (χ0n) is 14.3. The quantitative estimate of drug-likeness (QED) is 0.805. The molecule has 0 aromatic carbocycles. The molecule has 3 aliphatic rings. The summed E-state index contributed by atoms with van der Waals surface area (Å²) in [7, 11) is 0. The molecule has 8 heteroatoms. The molecule has 4 rings (SSSR count). The van der Waals surface area contributed by atoms with Gasteiger partial charge in [-0.15, -0.1) is 11.3 Å². The first kappa shape index (κ1) is 16.5. The summed E-state index contributed by atoms with van der Waals surface area (Å²) in [5, 5.41) is 6.10. The number of thiazole rings is 1. The first-order chi connectivity index (χ1) is 12.0. The zero-order chi connectivity index (χ0) is 17.6. The average molecular weight is 362 g/mol. The van der Waals surface area contributed by atoms with Crippen LogP contribution in [0.2, 0.25) is 0 Å². The van der Waals surface area contributed by atoms with Crippen LogP contribution in [-0.4, -0.2) is 39.8 Å². The van der Waals surface area contributed by atoms with Crippen LogP contribution in [0, 0.1) is 5.92 Å². The molecule has 1 aromatic heterocycles. The molecule has 0 radical (unpaired) electrons. The number of anilines is 1. The highest BCUT2D eigenvalue weighted by atomic mass is 32.1.